The average molecular weight is 453 g/mol. The summed E-state index contributed by atoms with van der Waals surface area (Å²) >= 11 is 0. The van der Waals surface area contributed by atoms with Crippen molar-refractivity contribution in [3.05, 3.63) is 64.2 Å². The lowest BCUT2D eigenvalue weighted by Crippen LogP contribution is -2.36. The van der Waals surface area contributed by atoms with E-state index in [1.165, 1.54) is 5.56 Å². The average Bonchev–Trinajstić information content (AvgIpc) is 3.35. The predicted molar refractivity (Wildman–Crippen MR) is 125 cm³/mol. The molecule has 7 nitrogen and oxygen atoms in total. The van der Waals surface area contributed by atoms with Crippen molar-refractivity contribution in [3.63, 3.8) is 0 Å². The third kappa shape index (κ3) is 4.87. The zero-order valence-electron chi connectivity index (χ0n) is 19.9. The highest BCUT2D eigenvalue weighted by Crippen LogP contribution is 2.45. The van der Waals surface area contributed by atoms with Gasteiger partial charge in [0, 0.05) is 44.0 Å². The zero-order valence-corrected chi connectivity index (χ0v) is 19.9. The summed E-state index contributed by atoms with van der Waals surface area (Å²) in [5.74, 6) is 1.55. The normalized spacial score (nSPS) is 21.2. The van der Waals surface area contributed by atoms with E-state index in [0.717, 1.165) is 28.0 Å². The summed E-state index contributed by atoms with van der Waals surface area (Å²) in [6.45, 7) is 9.60. The second kappa shape index (κ2) is 10.1. The number of carbonyl (C=O) groups is 3. The number of benzene rings is 2. The van der Waals surface area contributed by atoms with Crippen LogP contribution in [0.5, 0.6) is 5.75 Å². The highest BCUT2D eigenvalue weighted by molar-refractivity contribution is 5.96. The van der Waals surface area contributed by atoms with Gasteiger partial charge in [-0.25, -0.2) is 0 Å². The maximum absolute atomic E-state index is 13.3. The second-order valence-electron chi connectivity index (χ2n) is 8.88. The molecule has 1 N–H and O–H groups in total. The van der Waals surface area contributed by atoms with Crippen molar-refractivity contribution in [2.45, 2.75) is 33.7 Å². The second-order valence-corrected chi connectivity index (χ2v) is 8.88. The van der Waals surface area contributed by atoms with E-state index in [9.17, 15) is 9.59 Å². The van der Waals surface area contributed by atoms with Gasteiger partial charge in [-0.15, -0.1) is 0 Å². The Kier molecular flexibility index (Phi) is 7.41. The summed E-state index contributed by atoms with van der Waals surface area (Å²) in [7, 11) is 1.65. The highest BCUT2D eigenvalue weighted by atomic mass is 16.5. The molecule has 0 aliphatic carbocycles. The number of hydrogen-bond donors (Lipinski definition) is 1. The van der Waals surface area contributed by atoms with E-state index in [-0.39, 0.29) is 30.2 Å². The summed E-state index contributed by atoms with van der Waals surface area (Å²) < 4.78 is 5.29. The summed E-state index contributed by atoms with van der Waals surface area (Å²) in [5.41, 5.74) is 5.27. The molecule has 2 aromatic rings. The topological polar surface area (TPSA) is 87.2 Å². The fraction of sp³-hybridized carbons (Fsp3) is 0.423. The molecule has 2 amide bonds. The molecule has 2 aliphatic heterocycles. The van der Waals surface area contributed by atoms with Crippen LogP contribution in [0.3, 0.4) is 0 Å². The van der Waals surface area contributed by atoms with Gasteiger partial charge in [0.05, 0.1) is 13.2 Å². The molecule has 2 aromatic carbocycles. The number of carbonyl (C=O) groups excluding carboxylic acids is 2. The first-order chi connectivity index (χ1) is 15.7. The van der Waals surface area contributed by atoms with Gasteiger partial charge in [0.2, 0.25) is 5.91 Å². The van der Waals surface area contributed by atoms with E-state index >= 15 is 0 Å². The molecule has 0 radical (unpaired) electrons. The van der Waals surface area contributed by atoms with Gasteiger partial charge < -0.3 is 19.6 Å². The first-order valence-corrected chi connectivity index (χ1v) is 11.1. The maximum atomic E-state index is 13.3. The Balaban J connectivity index is 0.000000968. The number of rotatable bonds is 3. The Bertz CT molecular complexity index is 1030. The number of ether oxygens (including phenoxy) is 1. The van der Waals surface area contributed by atoms with E-state index < -0.39 is 0 Å². The molecule has 0 bridgehead atoms. The van der Waals surface area contributed by atoms with Crippen LogP contribution in [0.25, 0.3) is 0 Å². The van der Waals surface area contributed by atoms with E-state index in [0.29, 0.717) is 25.6 Å². The van der Waals surface area contributed by atoms with E-state index in [4.69, 9.17) is 14.6 Å². The van der Waals surface area contributed by atoms with Crippen LogP contribution >= 0.6 is 0 Å². The van der Waals surface area contributed by atoms with Crippen LogP contribution in [-0.2, 0) is 9.59 Å². The molecule has 33 heavy (non-hydrogen) atoms. The third-order valence-electron chi connectivity index (χ3n) is 6.88. The Morgan fingerprint density at radius 3 is 2.18 bits per heavy atom. The molecule has 2 saturated heterocycles. The lowest BCUT2D eigenvalue weighted by atomic mass is 9.89. The van der Waals surface area contributed by atoms with Gasteiger partial charge in [-0.3, -0.25) is 14.4 Å². The molecular weight excluding hydrogens is 420 g/mol. The van der Waals surface area contributed by atoms with Crippen molar-refractivity contribution in [2.24, 2.45) is 11.8 Å². The first-order valence-electron chi connectivity index (χ1n) is 11.1. The third-order valence-corrected chi connectivity index (χ3v) is 6.88. The van der Waals surface area contributed by atoms with Gasteiger partial charge in [-0.05, 0) is 61.2 Å². The Hall–Kier alpha value is -3.35. The fourth-order valence-corrected chi connectivity index (χ4v) is 5.12. The first kappa shape index (κ1) is 24.3. The minimum Gasteiger partial charge on any atom is -0.497 e. The lowest BCUT2D eigenvalue weighted by Gasteiger charge is -2.29. The maximum Gasteiger partial charge on any atom is 0.290 e. The number of fused-ring (bicyclic) bond motifs is 1. The molecule has 2 fully saturated rings. The van der Waals surface area contributed by atoms with Crippen LogP contribution in [-0.4, -0.2) is 59.9 Å². The van der Waals surface area contributed by atoms with Gasteiger partial charge in [-0.2, -0.15) is 0 Å². The molecule has 0 saturated carbocycles. The SMILES string of the molecule is COc1ccc([C@H]2[C@@H]3CN(C(=O)c4cc(C)c(C)cc4C)C[C@@H]3CN2C(C)=O)cc1.O=CO. The smallest absolute Gasteiger partial charge is 0.290 e. The molecule has 176 valence electrons. The van der Waals surface area contributed by atoms with Crippen molar-refractivity contribution < 1.29 is 24.2 Å². The van der Waals surface area contributed by atoms with Crippen LogP contribution in [0.1, 0.15) is 45.6 Å². The fourth-order valence-electron chi connectivity index (χ4n) is 5.12. The standard InChI is InChI=1S/C25H30N2O3.CH2O2/c1-15-10-17(3)22(11-16(15)2)25(29)26-12-20-13-27(18(4)28)24(23(20)14-26)19-6-8-21(30-5)9-7-19;2-1-3/h6-11,20,23-24H,12-14H2,1-5H3;1H,(H,2,3)/t20-,23-,24+;/m1./s1. The predicted octanol–water partition coefficient (Wildman–Crippen LogP) is 3.61. The Morgan fingerprint density at radius 2 is 1.61 bits per heavy atom. The van der Waals surface area contributed by atoms with Crippen LogP contribution in [0.2, 0.25) is 0 Å². The number of likely N-dealkylation sites (tertiary alicyclic amines) is 2. The van der Waals surface area contributed by atoms with Gasteiger partial charge in [0.15, 0.2) is 0 Å². The van der Waals surface area contributed by atoms with Crippen LogP contribution in [0, 0.1) is 32.6 Å². The summed E-state index contributed by atoms with van der Waals surface area (Å²) in [6, 6.07) is 12.1. The molecule has 0 aromatic heterocycles. The van der Waals surface area contributed by atoms with Crippen molar-refractivity contribution in [2.75, 3.05) is 26.7 Å². The number of aryl methyl sites for hydroxylation is 3. The molecule has 3 atom stereocenters. The lowest BCUT2D eigenvalue weighted by molar-refractivity contribution is -0.130. The van der Waals surface area contributed by atoms with E-state index in [1.807, 2.05) is 47.1 Å². The molecule has 0 unspecified atom stereocenters. The van der Waals surface area contributed by atoms with E-state index in [2.05, 4.69) is 19.9 Å². The van der Waals surface area contributed by atoms with Crippen molar-refractivity contribution in [1.29, 1.82) is 0 Å². The summed E-state index contributed by atoms with van der Waals surface area (Å²) in [4.78, 5) is 38.0. The number of amides is 2. The zero-order chi connectivity index (χ0) is 24.3. The van der Waals surface area contributed by atoms with Crippen LogP contribution in [0.4, 0.5) is 0 Å². The number of hydrogen-bond acceptors (Lipinski definition) is 4. The Labute approximate surface area is 195 Å². The van der Waals surface area contributed by atoms with Crippen molar-refractivity contribution in [3.8, 4) is 5.75 Å². The minimum absolute atomic E-state index is 0.00273. The molecule has 4 rings (SSSR count). The highest BCUT2D eigenvalue weighted by Gasteiger charge is 2.49. The molecule has 7 heteroatoms. The van der Waals surface area contributed by atoms with Crippen LogP contribution in [0.15, 0.2) is 36.4 Å². The van der Waals surface area contributed by atoms with Crippen molar-refractivity contribution in [1.82, 2.24) is 9.80 Å². The van der Waals surface area contributed by atoms with E-state index in [1.54, 1.807) is 14.0 Å². The monoisotopic (exact) mass is 452 g/mol. The largest absolute Gasteiger partial charge is 0.497 e. The van der Waals surface area contributed by atoms with Gasteiger partial charge in [-0.1, -0.05) is 18.2 Å². The van der Waals surface area contributed by atoms with Gasteiger partial charge in [0.1, 0.15) is 5.75 Å². The summed E-state index contributed by atoms with van der Waals surface area (Å²) in [6.07, 6.45) is 0. The Morgan fingerprint density at radius 1 is 1.00 bits per heavy atom. The quantitative estimate of drug-likeness (QED) is 0.719. The minimum atomic E-state index is -0.250. The van der Waals surface area contributed by atoms with Crippen molar-refractivity contribution >= 4 is 18.3 Å². The molecule has 2 heterocycles. The number of nitrogens with zero attached hydrogens (tertiary/aromatic N) is 2. The van der Waals surface area contributed by atoms with Gasteiger partial charge in [0.25, 0.3) is 12.4 Å². The number of carboxylic acid groups (broad SMARTS) is 1. The summed E-state index contributed by atoms with van der Waals surface area (Å²) in [5, 5.41) is 6.89. The molecule has 0 spiro atoms. The molecular formula is C26H32N2O5. The van der Waals surface area contributed by atoms with Gasteiger partial charge >= 0.3 is 0 Å². The number of methoxy groups -OCH3 is 1. The molecule has 2 aliphatic rings. The van der Waals surface area contributed by atoms with Crippen LogP contribution < -0.4 is 4.74 Å².